The van der Waals surface area contributed by atoms with Crippen LogP contribution in [-0.4, -0.2) is 58.9 Å². The maximum absolute atomic E-state index is 14.3. The zero-order chi connectivity index (χ0) is 26.6. The summed E-state index contributed by atoms with van der Waals surface area (Å²) in [5.74, 6) is 3.16. The van der Waals surface area contributed by atoms with E-state index in [1.165, 1.54) is 6.07 Å². The van der Waals surface area contributed by atoms with Crippen molar-refractivity contribution in [2.24, 2.45) is 17.6 Å². The van der Waals surface area contributed by atoms with Crippen molar-refractivity contribution in [3.63, 3.8) is 0 Å². The molecule has 2 saturated heterocycles. The monoisotopic (exact) mass is 523 g/mol. The number of hydrogen-bond acceptors (Lipinski definition) is 9. The highest BCUT2D eigenvalue weighted by molar-refractivity contribution is 5.38. The highest BCUT2D eigenvalue weighted by Crippen LogP contribution is 2.31. The highest BCUT2D eigenvalue weighted by atomic mass is 19.1. The smallest absolute Gasteiger partial charge is 0.324 e. The first kappa shape index (κ1) is 26.3. The molecule has 38 heavy (non-hydrogen) atoms. The van der Waals surface area contributed by atoms with Gasteiger partial charge in [0, 0.05) is 44.1 Å². The van der Waals surface area contributed by atoms with E-state index < -0.39 is 0 Å². The SMILES string of the molecule is CC(C)c1noc(N2CCC(C(C)CCOc3cnc(N4C[C@@H](N)[C@H](c5ccccc5F)C4)nc3)CC2)n1. The summed E-state index contributed by atoms with van der Waals surface area (Å²) in [6.45, 7) is 10.1. The molecule has 2 aliphatic heterocycles. The zero-order valence-electron chi connectivity index (χ0n) is 22.5. The van der Waals surface area contributed by atoms with Gasteiger partial charge in [-0.05, 0) is 42.7 Å². The van der Waals surface area contributed by atoms with Crippen molar-refractivity contribution in [1.82, 2.24) is 20.1 Å². The van der Waals surface area contributed by atoms with Gasteiger partial charge < -0.3 is 24.8 Å². The van der Waals surface area contributed by atoms with Gasteiger partial charge >= 0.3 is 6.01 Å². The van der Waals surface area contributed by atoms with Crippen molar-refractivity contribution in [1.29, 1.82) is 0 Å². The third kappa shape index (κ3) is 5.90. The first-order valence-corrected chi connectivity index (χ1v) is 13.7. The zero-order valence-corrected chi connectivity index (χ0v) is 22.5. The minimum atomic E-state index is -0.216. The fraction of sp³-hybridized carbons (Fsp3) is 0.571. The van der Waals surface area contributed by atoms with Crippen LogP contribution in [0.5, 0.6) is 5.75 Å². The number of benzene rings is 1. The van der Waals surface area contributed by atoms with Gasteiger partial charge in [-0.3, -0.25) is 0 Å². The Kier molecular flexibility index (Phi) is 8.06. The Bertz CT molecular complexity index is 1180. The molecule has 204 valence electrons. The van der Waals surface area contributed by atoms with E-state index in [2.05, 4.69) is 45.8 Å². The lowest BCUT2D eigenvalue weighted by molar-refractivity contribution is 0.219. The number of ether oxygens (including phenoxy) is 1. The highest BCUT2D eigenvalue weighted by Gasteiger charge is 2.34. The summed E-state index contributed by atoms with van der Waals surface area (Å²) in [6, 6.07) is 7.30. The Labute approximate surface area is 223 Å². The Morgan fingerprint density at radius 1 is 1.08 bits per heavy atom. The van der Waals surface area contributed by atoms with Crippen molar-refractivity contribution in [3.8, 4) is 5.75 Å². The Hall–Kier alpha value is -3.27. The second-order valence-electron chi connectivity index (χ2n) is 10.9. The van der Waals surface area contributed by atoms with Crippen LogP contribution >= 0.6 is 0 Å². The predicted octanol–water partition coefficient (Wildman–Crippen LogP) is 4.37. The molecule has 0 bridgehead atoms. The Morgan fingerprint density at radius 2 is 1.82 bits per heavy atom. The van der Waals surface area contributed by atoms with Gasteiger partial charge in [0.05, 0.1) is 19.0 Å². The molecule has 0 aliphatic carbocycles. The van der Waals surface area contributed by atoms with Crippen molar-refractivity contribution < 1.29 is 13.7 Å². The van der Waals surface area contributed by atoms with Crippen molar-refractivity contribution >= 4 is 12.0 Å². The molecule has 3 aromatic rings. The van der Waals surface area contributed by atoms with Gasteiger partial charge in [-0.25, -0.2) is 14.4 Å². The molecule has 1 unspecified atom stereocenters. The maximum Gasteiger partial charge on any atom is 0.324 e. The minimum absolute atomic E-state index is 0.0893. The van der Waals surface area contributed by atoms with Crippen LogP contribution in [0.2, 0.25) is 0 Å². The summed E-state index contributed by atoms with van der Waals surface area (Å²) in [5.41, 5.74) is 6.99. The summed E-state index contributed by atoms with van der Waals surface area (Å²) in [6.07, 6.45) is 6.59. The summed E-state index contributed by atoms with van der Waals surface area (Å²) >= 11 is 0. The van der Waals surface area contributed by atoms with Crippen LogP contribution in [0.15, 0.2) is 41.2 Å². The van der Waals surface area contributed by atoms with Crippen molar-refractivity contribution in [2.75, 3.05) is 42.6 Å². The van der Waals surface area contributed by atoms with Crippen LogP contribution in [0, 0.1) is 17.7 Å². The number of aromatic nitrogens is 4. The normalized spacial score (nSPS) is 21.3. The van der Waals surface area contributed by atoms with E-state index in [1.807, 2.05) is 17.0 Å². The molecule has 5 rings (SSSR count). The topological polar surface area (TPSA) is 106 Å². The largest absolute Gasteiger partial charge is 0.490 e. The standard InChI is InChI=1S/C28H38FN7O2/c1-18(2)26-33-28(38-34-26)35-11-8-20(9-12-35)19(3)10-13-37-21-14-31-27(32-15-21)36-16-23(25(30)17-36)22-6-4-5-7-24(22)29/h4-7,14-15,18-20,23,25H,8-13,16-17,30H2,1-3H3/t19?,23-,25+/m0/s1. The first-order valence-electron chi connectivity index (χ1n) is 13.7. The lowest BCUT2D eigenvalue weighted by atomic mass is 9.84. The summed E-state index contributed by atoms with van der Waals surface area (Å²) in [5, 5.41) is 4.09. The maximum atomic E-state index is 14.3. The molecule has 2 aromatic heterocycles. The number of halogens is 1. The molecule has 0 radical (unpaired) electrons. The van der Waals surface area contributed by atoms with Crippen LogP contribution in [0.4, 0.5) is 16.4 Å². The molecule has 1 aromatic carbocycles. The van der Waals surface area contributed by atoms with E-state index in [4.69, 9.17) is 15.0 Å². The minimum Gasteiger partial charge on any atom is -0.490 e. The van der Waals surface area contributed by atoms with Gasteiger partial charge in [0.25, 0.3) is 0 Å². The van der Waals surface area contributed by atoms with E-state index in [0.29, 0.717) is 54.8 Å². The van der Waals surface area contributed by atoms with Crippen LogP contribution in [0.25, 0.3) is 0 Å². The molecular formula is C28H38FN7O2. The number of nitrogens with two attached hydrogens (primary N) is 1. The number of nitrogens with zero attached hydrogens (tertiary/aromatic N) is 6. The number of anilines is 2. The summed E-state index contributed by atoms with van der Waals surface area (Å²) < 4.78 is 25.7. The van der Waals surface area contributed by atoms with Crippen molar-refractivity contribution in [2.45, 2.75) is 57.9 Å². The Morgan fingerprint density at radius 3 is 2.50 bits per heavy atom. The van der Waals surface area contributed by atoms with Crippen molar-refractivity contribution in [3.05, 3.63) is 53.9 Å². The average Bonchev–Trinajstić information content (AvgIpc) is 3.57. The van der Waals surface area contributed by atoms with Gasteiger partial charge in [0.15, 0.2) is 11.6 Å². The van der Waals surface area contributed by atoms with Crippen LogP contribution in [0.1, 0.15) is 63.3 Å². The fourth-order valence-electron chi connectivity index (χ4n) is 5.49. The van der Waals surface area contributed by atoms with Crippen LogP contribution < -0.4 is 20.3 Å². The molecule has 3 atom stereocenters. The molecular weight excluding hydrogens is 485 g/mol. The molecule has 9 nitrogen and oxygen atoms in total. The molecule has 0 saturated carbocycles. The van der Waals surface area contributed by atoms with E-state index in [9.17, 15) is 4.39 Å². The summed E-state index contributed by atoms with van der Waals surface area (Å²) in [7, 11) is 0. The third-order valence-electron chi connectivity index (χ3n) is 7.97. The van der Waals surface area contributed by atoms with E-state index in [0.717, 1.165) is 38.2 Å². The molecule has 10 heteroatoms. The van der Waals surface area contributed by atoms with Gasteiger partial charge in [-0.15, -0.1) is 0 Å². The van der Waals surface area contributed by atoms with Gasteiger partial charge in [0.2, 0.25) is 5.95 Å². The van der Waals surface area contributed by atoms with E-state index in [-0.39, 0.29) is 23.7 Å². The predicted molar refractivity (Wildman–Crippen MR) is 144 cm³/mol. The first-order chi connectivity index (χ1) is 18.4. The fourth-order valence-corrected chi connectivity index (χ4v) is 5.49. The number of rotatable bonds is 9. The van der Waals surface area contributed by atoms with Gasteiger partial charge in [-0.2, -0.15) is 4.98 Å². The average molecular weight is 524 g/mol. The van der Waals surface area contributed by atoms with E-state index >= 15 is 0 Å². The lowest BCUT2D eigenvalue weighted by Gasteiger charge is -2.33. The lowest BCUT2D eigenvalue weighted by Crippen LogP contribution is -2.36. The molecule has 4 heterocycles. The number of piperidine rings is 1. The third-order valence-corrected chi connectivity index (χ3v) is 7.97. The number of hydrogen-bond donors (Lipinski definition) is 1. The Balaban J connectivity index is 1.06. The molecule has 2 aliphatic rings. The van der Waals surface area contributed by atoms with Crippen LogP contribution in [-0.2, 0) is 0 Å². The summed E-state index contributed by atoms with van der Waals surface area (Å²) in [4.78, 5) is 17.7. The van der Waals surface area contributed by atoms with Crippen LogP contribution in [0.3, 0.4) is 0 Å². The molecule has 0 spiro atoms. The second-order valence-corrected chi connectivity index (χ2v) is 10.9. The quantitative estimate of drug-likeness (QED) is 0.437. The molecule has 0 amide bonds. The van der Waals surface area contributed by atoms with Gasteiger partial charge in [-0.1, -0.05) is 44.1 Å². The second kappa shape index (κ2) is 11.6. The van der Waals surface area contributed by atoms with Gasteiger partial charge in [0.1, 0.15) is 5.82 Å². The molecule has 2 fully saturated rings. The van der Waals surface area contributed by atoms with E-state index in [1.54, 1.807) is 18.5 Å². The molecule has 2 N–H and O–H groups in total.